The minimum Gasteiger partial charge on any atom is -0.444 e. The molecule has 0 spiro atoms. The highest BCUT2D eigenvalue weighted by atomic mass is 32.1. The molecule has 0 saturated heterocycles. The standard InChI is InChI=1S/C30H27N5O5S2.C25H19N5O3S2/c1-17-8-11-19(12-9-17)25-26(20-6-5-7-21(16-20)35(38)39)42-28(33-25)32-24(36)15-18-10-13-22-23(14-18)41-27(31-22)34-29(37)40-30(2,3)4;1-14-5-8-16(9-6-14)22-23(17-3-2-4-18(13-17)30(32)33)35-25(29-22)28-21(31)12-15-7-10-19-20(11-15)34-24(26)27-19/h5-14,16H,15H2,1-4H3,(H,31,34,37)(H,32,33,36);2-11,13H,12H2,1H3,(H2,26,27)(H,28,29,31). The van der Waals surface area contributed by atoms with Gasteiger partial charge in [-0.3, -0.25) is 35.1 Å². The lowest BCUT2D eigenvalue weighted by atomic mass is 10.1. The average molecular weight is 1100 g/mol. The number of nitro benzene ring substituents is 2. The van der Waals surface area contributed by atoms with Crippen LogP contribution in [0.5, 0.6) is 0 Å². The Labute approximate surface area is 456 Å². The number of ether oxygens (including phenoxy) is 1. The number of carbonyl (C=O) groups excluding carboxylic acids is 3. The number of nitrogens with two attached hydrogens (primary N) is 1. The molecule has 388 valence electrons. The number of nitrogen functional groups attached to an aromatic ring is 1. The molecule has 3 amide bonds. The number of aryl methyl sites for hydroxylation is 2. The molecule has 0 fully saturated rings. The fourth-order valence-corrected chi connectivity index (χ4v) is 11.5. The van der Waals surface area contributed by atoms with Crippen LogP contribution in [0.4, 0.5) is 36.7 Å². The van der Waals surface area contributed by atoms with Gasteiger partial charge in [0.05, 0.1) is 64.3 Å². The Balaban J connectivity index is 0.000000191. The van der Waals surface area contributed by atoms with Crippen LogP contribution in [0.2, 0.25) is 0 Å². The number of anilines is 4. The van der Waals surface area contributed by atoms with Crippen LogP contribution in [0, 0.1) is 34.1 Å². The van der Waals surface area contributed by atoms with E-state index in [2.05, 4.69) is 30.9 Å². The number of hydrogen-bond donors (Lipinski definition) is 4. The molecular weight excluding hydrogens is 1060 g/mol. The van der Waals surface area contributed by atoms with E-state index in [1.54, 1.807) is 51.1 Å². The first-order chi connectivity index (χ1) is 36.8. The fraction of sp³-hybridized carbons (Fsp3) is 0.145. The zero-order chi connectivity index (χ0) is 54.5. The van der Waals surface area contributed by atoms with E-state index < -0.39 is 21.5 Å². The van der Waals surface area contributed by atoms with Gasteiger partial charge in [-0.15, -0.1) is 0 Å². The molecule has 0 aliphatic carbocycles. The number of thiazole rings is 4. The van der Waals surface area contributed by atoms with Gasteiger partial charge in [-0.25, -0.2) is 24.7 Å². The molecule has 0 aliphatic heterocycles. The van der Waals surface area contributed by atoms with Crippen molar-refractivity contribution in [3.63, 3.8) is 0 Å². The van der Waals surface area contributed by atoms with E-state index in [-0.39, 0.29) is 36.0 Å². The summed E-state index contributed by atoms with van der Waals surface area (Å²) in [5.41, 5.74) is 14.7. The van der Waals surface area contributed by atoms with Gasteiger partial charge >= 0.3 is 6.09 Å². The molecule has 10 rings (SSSR count). The van der Waals surface area contributed by atoms with Crippen molar-refractivity contribution in [2.24, 2.45) is 0 Å². The van der Waals surface area contributed by atoms with Crippen molar-refractivity contribution in [2.75, 3.05) is 21.7 Å². The molecular formula is C55H46N10O8S4. The smallest absolute Gasteiger partial charge is 0.413 e. The van der Waals surface area contributed by atoms with E-state index in [1.807, 2.05) is 92.7 Å². The highest BCUT2D eigenvalue weighted by Gasteiger charge is 2.22. The summed E-state index contributed by atoms with van der Waals surface area (Å²) in [5, 5.41) is 32.8. The second-order valence-corrected chi connectivity index (χ2v) is 22.6. The molecule has 4 aromatic heterocycles. The van der Waals surface area contributed by atoms with Crippen LogP contribution >= 0.6 is 45.3 Å². The van der Waals surface area contributed by atoms with Crippen LogP contribution in [0.15, 0.2) is 133 Å². The third-order valence-electron chi connectivity index (χ3n) is 11.3. The Hall–Kier alpha value is -8.83. The monoisotopic (exact) mass is 1100 g/mol. The summed E-state index contributed by atoms with van der Waals surface area (Å²) in [4.78, 5) is 79.4. The van der Waals surface area contributed by atoms with E-state index in [0.29, 0.717) is 53.4 Å². The van der Waals surface area contributed by atoms with Gasteiger partial charge in [-0.1, -0.05) is 141 Å². The molecule has 0 saturated carbocycles. The van der Waals surface area contributed by atoms with Gasteiger partial charge in [0.1, 0.15) is 5.60 Å². The first-order valence-corrected chi connectivity index (χ1v) is 26.9. The van der Waals surface area contributed by atoms with E-state index in [0.717, 1.165) is 53.2 Å². The van der Waals surface area contributed by atoms with Gasteiger partial charge in [0.2, 0.25) is 11.8 Å². The zero-order valence-corrected chi connectivity index (χ0v) is 45.0. The molecule has 0 atom stereocenters. The van der Waals surface area contributed by atoms with Gasteiger partial charge in [-0.05, 0) is 70.0 Å². The number of hydrogen-bond acceptors (Lipinski definition) is 17. The maximum absolute atomic E-state index is 13.1. The molecule has 6 aromatic carbocycles. The zero-order valence-electron chi connectivity index (χ0n) is 41.8. The summed E-state index contributed by atoms with van der Waals surface area (Å²) >= 11 is 5.21. The molecule has 0 unspecified atom stereocenters. The van der Waals surface area contributed by atoms with Gasteiger partial charge < -0.3 is 21.1 Å². The van der Waals surface area contributed by atoms with E-state index in [9.17, 15) is 34.6 Å². The van der Waals surface area contributed by atoms with Crippen LogP contribution in [0.1, 0.15) is 43.0 Å². The van der Waals surface area contributed by atoms with Gasteiger partial charge in [-0.2, -0.15) is 0 Å². The second kappa shape index (κ2) is 22.6. The van der Waals surface area contributed by atoms with Crippen LogP contribution in [-0.4, -0.2) is 53.3 Å². The largest absolute Gasteiger partial charge is 0.444 e. The summed E-state index contributed by atoms with van der Waals surface area (Å²) in [6.45, 7) is 9.33. The number of nitrogens with zero attached hydrogens (tertiary/aromatic N) is 6. The highest BCUT2D eigenvalue weighted by Crippen LogP contribution is 2.42. The normalized spacial score (nSPS) is 11.2. The maximum Gasteiger partial charge on any atom is 0.413 e. The SMILES string of the molecule is Cc1ccc(-c2nc(NC(=O)Cc3ccc4nc(N)sc4c3)sc2-c2cccc([N+](=O)[O-])c2)cc1.Cc1ccc(-c2nc(NC(=O)Cc3ccc4nc(NC(=O)OC(C)(C)C)sc4c3)sc2-c2cccc([N+](=O)[O-])c2)cc1. The molecule has 0 radical (unpaired) electrons. The van der Waals surface area contributed by atoms with Crippen molar-refractivity contribution in [1.82, 2.24) is 19.9 Å². The van der Waals surface area contributed by atoms with Crippen LogP contribution in [-0.2, 0) is 27.2 Å². The van der Waals surface area contributed by atoms with Crippen molar-refractivity contribution < 1.29 is 29.0 Å². The van der Waals surface area contributed by atoms with Gasteiger partial charge in [0.15, 0.2) is 20.5 Å². The number of fused-ring (bicyclic) bond motifs is 2. The van der Waals surface area contributed by atoms with Crippen molar-refractivity contribution in [1.29, 1.82) is 0 Å². The number of non-ortho nitro benzene ring substituents is 2. The Kier molecular flexibility index (Phi) is 15.5. The molecule has 0 bridgehead atoms. The van der Waals surface area contributed by atoms with Crippen molar-refractivity contribution in [2.45, 2.75) is 53.1 Å². The number of amides is 3. The number of aromatic nitrogens is 4. The van der Waals surface area contributed by atoms with Crippen LogP contribution in [0.3, 0.4) is 0 Å². The summed E-state index contributed by atoms with van der Waals surface area (Å²) in [6, 6.07) is 39.6. The lowest BCUT2D eigenvalue weighted by Crippen LogP contribution is -2.27. The summed E-state index contributed by atoms with van der Waals surface area (Å²) < 4.78 is 7.03. The molecule has 10 aromatic rings. The Morgan fingerprint density at radius 2 is 0.987 bits per heavy atom. The first kappa shape index (κ1) is 53.0. The molecule has 18 nitrogen and oxygen atoms in total. The number of rotatable bonds is 13. The predicted molar refractivity (Wildman–Crippen MR) is 307 cm³/mol. The number of carbonyl (C=O) groups is 3. The third-order valence-corrected chi connectivity index (χ3v) is 15.1. The van der Waals surface area contributed by atoms with Crippen LogP contribution in [0.25, 0.3) is 63.8 Å². The molecule has 4 heterocycles. The number of nitro groups is 2. The summed E-state index contributed by atoms with van der Waals surface area (Å²) in [5.74, 6) is -0.475. The van der Waals surface area contributed by atoms with Crippen molar-refractivity contribution in [3.05, 3.63) is 176 Å². The Bertz CT molecular complexity index is 3880. The van der Waals surface area contributed by atoms with Crippen LogP contribution < -0.4 is 21.7 Å². The molecule has 77 heavy (non-hydrogen) atoms. The topological polar surface area (TPSA) is 260 Å². The lowest BCUT2D eigenvalue weighted by Gasteiger charge is -2.18. The van der Waals surface area contributed by atoms with Gasteiger partial charge in [0, 0.05) is 46.5 Å². The summed E-state index contributed by atoms with van der Waals surface area (Å²) in [6.07, 6.45) is -0.327. The second-order valence-electron chi connectivity index (χ2n) is 18.5. The lowest BCUT2D eigenvalue weighted by molar-refractivity contribution is -0.385. The summed E-state index contributed by atoms with van der Waals surface area (Å²) in [7, 11) is 0. The number of nitrogens with one attached hydrogen (secondary N) is 3. The van der Waals surface area contributed by atoms with E-state index in [4.69, 9.17) is 15.5 Å². The highest BCUT2D eigenvalue weighted by molar-refractivity contribution is 7.22. The average Bonchev–Trinajstić information content (AvgIpc) is 4.21. The van der Waals surface area contributed by atoms with Crippen molar-refractivity contribution in [3.8, 4) is 43.4 Å². The third kappa shape index (κ3) is 13.4. The molecule has 0 aliphatic rings. The predicted octanol–water partition coefficient (Wildman–Crippen LogP) is 13.9. The fourth-order valence-electron chi connectivity index (χ4n) is 7.79. The Morgan fingerprint density at radius 3 is 1.44 bits per heavy atom. The minimum absolute atomic E-state index is 0.00422. The molecule has 22 heteroatoms. The first-order valence-electron chi connectivity index (χ1n) is 23.6. The molecule has 5 N–H and O–H groups in total. The minimum atomic E-state index is -0.626. The Morgan fingerprint density at radius 1 is 0.545 bits per heavy atom. The maximum atomic E-state index is 13.1. The number of benzene rings is 6. The van der Waals surface area contributed by atoms with Gasteiger partial charge in [0.25, 0.3) is 11.4 Å². The van der Waals surface area contributed by atoms with E-state index in [1.165, 1.54) is 69.6 Å². The quantitative estimate of drug-likeness (QED) is 0.0619. The van der Waals surface area contributed by atoms with E-state index >= 15 is 0 Å². The van der Waals surface area contributed by atoms with Crippen molar-refractivity contribution >= 4 is 116 Å².